The number of ether oxygens (including phenoxy) is 1. The molecule has 8 nitrogen and oxygen atoms in total. The zero-order valence-corrected chi connectivity index (χ0v) is 13.7. The standard InChI is InChI=1S/C17H20N2O6/c20-15(11-7-12(16(21)22)9-14(8-11)19(23)24)18-13-3-6-25-17(10-13)4-1-2-5-17/h7-9,13H,1-6,10H2,(H,18,20)(H,21,22). The van der Waals surface area contributed by atoms with Crippen molar-refractivity contribution in [3.8, 4) is 0 Å². The maximum absolute atomic E-state index is 12.5. The Bertz CT molecular complexity index is 679. The summed E-state index contributed by atoms with van der Waals surface area (Å²) < 4.78 is 5.93. The van der Waals surface area contributed by atoms with E-state index >= 15 is 0 Å². The first kappa shape index (κ1) is 17.3. The highest BCUT2D eigenvalue weighted by atomic mass is 16.6. The van der Waals surface area contributed by atoms with Crippen LogP contribution in [0.3, 0.4) is 0 Å². The maximum atomic E-state index is 12.5. The van der Waals surface area contributed by atoms with E-state index in [1.165, 1.54) is 0 Å². The molecule has 1 atom stereocenters. The molecule has 1 saturated carbocycles. The Morgan fingerprint density at radius 3 is 2.56 bits per heavy atom. The summed E-state index contributed by atoms with van der Waals surface area (Å²) in [7, 11) is 0. The number of nitro groups is 1. The molecule has 1 aromatic rings. The number of aromatic carboxylic acids is 1. The van der Waals surface area contributed by atoms with Crippen LogP contribution in [0.1, 0.15) is 59.2 Å². The number of rotatable bonds is 4. The van der Waals surface area contributed by atoms with Gasteiger partial charge in [-0.1, -0.05) is 12.8 Å². The van der Waals surface area contributed by atoms with Gasteiger partial charge in [-0.3, -0.25) is 14.9 Å². The maximum Gasteiger partial charge on any atom is 0.335 e. The van der Waals surface area contributed by atoms with Crippen LogP contribution in [0.5, 0.6) is 0 Å². The second-order valence-electron chi connectivity index (χ2n) is 6.73. The third kappa shape index (κ3) is 3.79. The first-order chi connectivity index (χ1) is 11.9. The van der Waals surface area contributed by atoms with Crippen LogP contribution in [-0.4, -0.2) is 40.2 Å². The molecule has 1 aliphatic heterocycles. The van der Waals surface area contributed by atoms with Gasteiger partial charge >= 0.3 is 5.97 Å². The zero-order valence-electron chi connectivity index (χ0n) is 13.7. The molecule has 2 aliphatic rings. The van der Waals surface area contributed by atoms with Crippen LogP contribution >= 0.6 is 0 Å². The summed E-state index contributed by atoms with van der Waals surface area (Å²) in [5.74, 6) is -1.81. The van der Waals surface area contributed by atoms with Crippen molar-refractivity contribution in [1.29, 1.82) is 0 Å². The fourth-order valence-corrected chi connectivity index (χ4v) is 3.76. The Morgan fingerprint density at radius 1 is 1.24 bits per heavy atom. The van der Waals surface area contributed by atoms with Crippen LogP contribution in [0.15, 0.2) is 18.2 Å². The monoisotopic (exact) mass is 348 g/mol. The highest BCUT2D eigenvalue weighted by Gasteiger charge is 2.40. The minimum absolute atomic E-state index is 0.0152. The normalized spacial score (nSPS) is 21.8. The number of benzene rings is 1. The van der Waals surface area contributed by atoms with Crippen molar-refractivity contribution in [3.05, 3.63) is 39.4 Å². The summed E-state index contributed by atoms with van der Waals surface area (Å²) in [6.07, 6.45) is 5.60. The van der Waals surface area contributed by atoms with Gasteiger partial charge in [-0.15, -0.1) is 0 Å². The third-order valence-electron chi connectivity index (χ3n) is 4.98. The first-order valence-corrected chi connectivity index (χ1v) is 8.36. The Morgan fingerprint density at radius 2 is 1.92 bits per heavy atom. The Kier molecular flexibility index (Phi) is 4.71. The molecular formula is C17H20N2O6. The number of hydrogen-bond donors (Lipinski definition) is 2. The minimum Gasteiger partial charge on any atom is -0.478 e. The van der Waals surface area contributed by atoms with Gasteiger partial charge in [-0.25, -0.2) is 4.79 Å². The van der Waals surface area contributed by atoms with E-state index in [-0.39, 0.29) is 22.8 Å². The van der Waals surface area contributed by atoms with Crippen LogP contribution in [-0.2, 0) is 4.74 Å². The third-order valence-corrected chi connectivity index (χ3v) is 4.98. The molecule has 1 spiro atoms. The SMILES string of the molecule is O=C(O)c1cc(C(=O)NC2CCOC3(CCCC3)C2)cc([N+](=O)[O-])c1. The Hall–Kier alpha value is -2.48. The summed E-state index contributed by atoms with van der Waals surface area (Å²) >= 11 is 0. The number of amides is 1. The number of carboxylic acids is 1. The van der Waals surface area contributed by atoms with E-state index < -0.39 is 22.5 Å². The molecule has 3 rings (SSSR count). The fraction of sp³-hybridized carbons (Fsp3) is 0.529. The summed E-state index contributed by atoms with van der Waals surface area (Å²) in [5, 5.41) is 22.9. The quantitative estimate of drug-likeness (QED) is 0.637. The van der Waals surface area contributed by atoms with Crippen molar-refractivity contribution < 1.29 is 24.4 Å². The molecule has 1 unspecified atom stereocenters. The molecule has 1 amide bonds. The van der Waals surface area contributed by atoms with Crippen LogP contribution in [0.2, 0.25) is 0 Å². The molecule has 25 heavy (non-hydrogen) atoms. The van der Waals surface area contributed by atoms with Crippen molar-refractivity contribution in [2.24, 2.45) is 0 Å². The van der Waals surface area contributed by atoms with Gasteiger partial charge in [0.2, 0.25) is 0 Å². The highest BCUT2D eigenvalue weighted by Crippen LogP contribution is 2.40. The van der Waals surface area contributed by atoms with Gasteiger partial charge in [0.25, 0.3) is 11.6 Å². The number of carbonyl (C=O) groups excluding carboxylic acids is 1. The fourth-order valence-electron chi connectivity index (χ4n) is 3.76. The molecule has 8 heteroatoms. The number of nitrogens with zero attached hydrogens (tertiary/aromatic N) is 1. The lowest BCUT2D eigenvalue weighted by molar-refractivity contribution is -0.384. The average molecular weight is 348 g/mol. The molecule has 134 valence electrons. The number of nitro benzene ring substituents is 1. The average Bonchev–Trinajstić information content (AvgIpc) is 3.01. The van der Waals surface area contributed by atoms with Gasteiger partial charge in [0.05, 0.1) is 16.1 Å². The predicted molar refractivity (Wildman–Crippen MR) is 87.7 cm³/mol. The van der Waals surface area contributed by atoms with Crippen molar-refractivity contribution in [1.82, 2.24) is 5.32 Å². The largest absolute Gasteiger partial charge is 0.478 e. The summed E-state index contributed by atoms with van der Waals surface area (Å²) in [6, 6.07) is 3.13. The summed E-state index contributed by atoms with van der Waals surface area (Å²) in [4.78, 5) is 33.9. The first-order valence-electron chi connectivity index (χ1n) is 8.36. The van der Waals surface area contributed by atoms with Gasteiger partial charge < -0.3 is 15.2 Å². The molecule has 0 radical (unpaired) electrons. The van der Waals surface area contributed by atoms with E-state index in [0.29, 0.717) is 13.0 Å². The van der Waals surface area contributed by atoms with Crippen LogP contribution < -0.4 is 5.32 Å². The van der Waals surface area contributed by atoms with Crippen LogP contribution in [0.25, 0.3) is 0 Å². The molecule has 0 bridgehead atoms. The molecule has 1 saturated heterocycles. The van der Waals surface area contributed by atoms with Crippen LogP contribution in [0, 0.1) is 10.1 Å². The lowest BCUT2D eigenvalue weighted by atomic mass is 9.89. The number of nitrogens with one attached hydrogen (secondary N) is 1. The minimum atomic E-state index is -1.31. The Labute approximate surface area is 144 Å². The van der Waals surface area contributed by atoms with Crippen LogP contribution in [0.4, 0.5) is 5.69 Å². The second-order valence-corrected chi connectivity index (χ2v) is 6.73. The number of carboxylic acid groups (broad SMARTS) is 1. The van der Waals surface area contributed by atoms with Gasteiger partial charge in [0, 0.05) is 30.3 Å². The van der Waals surface area contributed by atoms with Gasteiger partial charge in [-0.2, -0.15) is 0 Å². The number of hydrogen-bond acceptors (Lipinski definition) is 5. The number of non-ortho nitro benzene ring substituents is 1. The van der Waals surface area contributed by atoms with E-state index in [2.05, 4.69) is 5.32 Å². The molecule has 1 aliphatic carbocycles. The topological polar surface area (TPSA) is 119 Å². The lowest BCUT2D eigenvalue weighted by Crippen LogP contribution is -2.47. The molecule has 1 aromatic carbocycles. The van der Waals surface area contributed by atoms with E-state index in [4.69, 9.17) is 9.84 Å². The number of carbonyl (C=O) groups is 2. The van der Waals surface area contributed by atoms with Gasteiger partial charge in [-0.05, 0) is 31.7 Å². The summed E-state index contributed by atoms with van der Waals surface area (Å²) in [5.41, 5.74) is -0.869. The van der Waals surface area contributed by atoms with E-state index in [0.717, 1.165) is 50.3 Å². The van der Waals surface area contributed by atoms with Gasteiger partial charge in [0.15, 0.2) is 0 Å². The predicted octanol–water partition coefficient (Wildman–Crippen LogP) is 2.51. The summed E-state index contributed by atoms with van der Waals surface area (Å²) in [6.45, 7) is 0.570. The molecule has 2 N–H and O–H groups in total. The van der Waals surface area contributed by atoms with Gasteiger partial charge in [0.1, 0.15) is 0 Å². The van der Waals surface area contributed by atoms with Crippen molar-refractivity contribution >= 4 is 17.6 Å². The van der Waals surface area contributed by atoms with Crippen molar-refractivity contribution in [2.45, 2.75) is 50.2 Å². The van der Waals surface area contributed by atoms with E-state index in [9.17, 15) is 19.7 Å². The van der Waals surface area contributed by atoms with Crippen molar-refractivity contribution in [3.63, 3.8) is 0 Å². The zero-order chi connectivity index (χ0) is 18.0. The highest BCUT2D eigenvalue weighted by molar-refractivity contribution is 5.98. The molecule has 2 fully saturated rings. The smallest absolute Gasteiger partial charge is 0.335 e. The Balaban J connectivity index is 1.76. The van der Waals surface area contributed by atoms with Crippen molar-refractivity contribution in [2.75, 3.05) is 6.61 Å². The molecule has 1 heterocycles. The molecular weight excluding hydrogens is 328 g/mol. The van der Waals surface area contributed by atoms with E-state index in [1.54, 1.807) is 0 Å². The van der Waals surface area contributed by atoms with E-state index in [1.807, 2.05) is 0 Å². The lowest BCUT2D eigenvalue weighted by Gasteiger charge is -2.38. The molecule has 0 aromatic heterocycles. The second kappa shape index (κ2) is 6.79.